The van der Waals surface area contributed by atoms with E-state index in [1.165, 1.54) is 13.2 Å². The minimum atomic E-state index is -0.973. The van der Waals surface area contributed by atoms with Crippen molar-refractivity contribution in [3.8, 4) is 17.2 Å². The number of ether oxygens (including phenoxy) is 1. The van der Waals surface area contributed by atoms with E-state index in [1.54, 1.807) is 24.1 Å². The Morgan fingerprint density at radius 2 is 2.03 bits per heavy atom. The fraction of sp³-hybridized carbons (Fsp3) is 0.348. The number of benzene rings is 2. The van der Waals surface area contributed by atoms with Crippen LogP contribution in [-0.2, 0) is 27.2 Å². The Kier molecular flexibility index (Phi) is 5.48. The van der Waals surface area contributed by atoms with E-state index in [0.717, 1.165) is 16.8 Å². The monoisotopic (exact) mass is 422 g/mol. The smallest absolute Gasteiger partial charge is 0.255 e. The van der Waals surface area contributed by atoms with Gasteiger partial charge in [-0.25, -0.2) is 4.39 Å². The summed E-state index contributed by atoms with van der Waals surface area (Å²) in [6, 6.07) is 11.6. The zero-order chi connectivity index (χ0) is 22.2. The van der Waals surface area contributed by atoms with Crippen LogP contribution in [0, 0.1) is 17.1 Å². The number of hydrogen-bond acceptors (Lipinski definition) is 5. The van der Waals surface area contributed by atoms with E-state index in [4.69, 9.17) is 4.74 Å². The van der Waals surface area contributed by atoms with Gasteiger partial charge in [-0.2, -0.15) is 5.26 Å². The van der Waals surface area contributed by atoms with Gasteiger partial charge in [0.05, 0.1) is 12.5 Å². The number of carbonyl (C=O) groups excluding carboxylic acids is 2. The molecule has 0 saturated carbocycles. The summed E-state index contributed by atoms with van der Waals surface area (Å²) >= 11 is 0. The van der Waals surface area contributed by atoms with Crippen LogP contribution in [0.3, 0.4) is 0 Å². The van der Waals surface area contributed by atoms with Gasteiger partial charge < -0.3 is 20.3 Å². The summed E-state index contributed by atoms with van der Waals surface area (Å²) in [4.78, 5) is 25.9. The summed E-state index contributed by atoms with van der Waals surface area (Å²) in [6.07, 6.45) is 0.421. The van der Waals surface area contributed by atoms with Crippen molar-refractivity contribution in [2.24, 2.45) is 0 Å². The molecule has 1 fully saturated rings. The van der Waals surface area contributed by atoms with E-state index < -0.39 is 17.5 Å². The number of fused-ring (bicyclic) bond motifs is 1. The number of rotatable bonds is 6. The molecule has 160 valence electrons. The molecule has 0 radical (unpaired) electrons. The van der Waals surface area contributed by atoms with Crippen LogP contribution in [-0.4, -0.2) is 50.7 Å². The van der Waals surface area contributed by atoms with Gasteiger partial charge in [0, 0.05) is 39.4 Å². The van der Waals surface area contributed by atoms with E-state index in [1.807, 2.05) is 24.3 Å². The summed E-state index contributed by atoms with van der Waals surface area (Å²) in [5.41, 5.74) is 2.62. The number of amides is 2. The van der Waals surface area contributed by atoms with Gasteiger partial charge in [0.2, 0.25) is 5.91 Å². The molecule has 2 aliphatic rings. The maximum atomic E-state index is 14.8. The van der Waals surface area contributed by atoms with Crippen molar-refractivity contribution in [3.05, 3.63) is 53.3 Å². The molecule has 4 rings (SSSR count). The number of carbonyl (C=O) groups is 2. The maximum absolute atomic E-state index is 14.8. The Balaban J connectivity index is 1.50. The van der Waals surface area contributed by atoms with Crippen molar-refractivity contribution in [1.82, 2.24) is 10.6 Å². The summed E-state index contributed by atoms with van der Waals surface area (Å²) in [5, 5.41) is 15.1. The molecule has 2 aliphatic heterocycles. The molecular weight excluding hydrogens is 399 g/mol. The number of methoxy groups -OCH3 is 1. The largest absolute Gasteiger partial charge is 0.366 e. The Bertz CT molecular complexity index is 1090. The van der Waals surface area contributed by atoms with Gasteiger partial charge in [0.25, 0.3) is 5.91 Å². The van der Waals surface area contributed by atoms with Crippen LogP contribution < -0.4 is 15.5 Å². The van der Waals surface area contributed by atoms with Gasteiger partial charge in [-0.05, 0) is 34.4 Å². The number of nitrogens with one attached hydrogen (secondary N) is 2. The number of nitriles is 1. The van der Waals surface area contributed by atoms with E-state index in [9.17, 15) is 19.2 Å². The zero-order valence-corrected chi connectivity index (χ0v) is 17.4. The van der Waals surface area contributed by atoms with E-state index in [-0.39, 0.29) is 18.2 Å². The first-order chi connectivity index (χ1) is 14.9. The Labute approximate surface area is 179 Å². The van der Waals surface area contributed by atoms with Crippen LogP contribution in [0.2, 0.25) is 0 Å². The standard InChI is InChI=1S/C23H23FN4O3/c1-28-20-9-15(4-6-17(20)10-21(28)29)14-3-5-16(19(24)8-14)7-18(11-25)27-22(30)23(31-2)12-26-13-23/h3-6,8-9,18,26H,7,10,12-13H2,1-2H3,(H,27,30). The number of anilines is 1. The summed E-state index contributed by atoms with van der Waals surface area (Å²) < 4.78 is 20.1. The molecule has 0 spiro atoms. The fourth-order valence-corrected chi connectivity index (χ4v) is 3.90. The minimum absolute atomic E-state index is 0.0335. The van der Waals surface area contributed by atoms with Crippen LogP contribution >= 0.6 is 0 Å². The molecular formula is C23H23FN4O3. The molecule has 2 N–H and O–H groups in total. The highest BCUT2D eigenvalue weighted by molar-refractivity contribution is 6.01. The van der Waals surface area contributed by atoms with E-state index in [2.05, 4.69) is 10.6 Å². The third-order valence-electron chi connectivity index (χ3n) is 6.06. The lowest BCUT2D eigenvalue weighted by atomic mass is 9.94. The van der Waals surface area contributed by atoms with Gasteiger partial charge in [-0.15, -0.1) is 0 Å². The summed E-state index contributed by atoms with van der Waals surface area (Å²) in [5.74, 6) is -0.802. The first-order valence-corrected chi connectivity index (χ1v) is 10.0. The first-order valence-electron chi connectivity index (χ1n) is 10.0. The van der Waals surface area contributed by atoms with Gasteiger partial charge in [0.1, 0.15) is 11.9 Å². The van der Waals surface area contributed by atoms with Crippen LogP contribution in [0.5, 0.6) is 0 Å². The number of halogens is 1. The van der Waals surface area contributed by atoms with Crippen LogP contribution in [0.25, 0.3) is 11.1 Å². The lowest BCUT2D eigenvalue weighted by Gasteiger charge is -2.39. The highest BCUT2D eigenvalue weighted by Gasteiger charge is 2.45. The maximum Gasteiger partial charge on any atom is 0.255 e. The molecule has 1 saturated heterocycles. The Morgan fingerprint density at radius 1 is 1.32 bits per heavy atom. The van der Waals surface area contributed by atoms with Crippen LogP contribution in [0.4, 0.5) is 10.1 Å². The molecule has 0 bridgehead atoms. The van der Waals surface area contributed by atoms with Crippen molar-refractivity contribution in [1.29, 1.82) is 5.26 Å². The molecule has 1 atom stereocenters. The molecule has 7 nitrogen and oxygen atoms in total. The summed E-state index contributed by atoms with van der Waals surface area (Å²) in [7, 11) is 3.18. The molecule has 2 amide bonds. The third kappa shape index (κ3) is 3.78. The minimum Gasteiger partial charge on any atom is -0.366 e. The van der Waals surface area contributed by atoms with Gasteiger partial charge in [-0.3, -0.25) is 9.59 Å². The highest BCUT2D eigenvalue weighted by atomic mass is 19.1. The second kappa shape index (κ2) is 8.10. The molecule has 31 heavy (non-hydrogen) atoms. The van der Waals surface area contributed by atoms with Crippen molar-refractivity contribution >= 4 is 17.5 Å². The van der Waals surface area contributed by atoms with E-state index in [0.29, 0.717) is 30.6 Å². The second-order valence-corrected chi connectivity index (χ2v) is 7.94. The molecule has 0 aliphatic carbocycles. The van der Waals surface area contributed by atoms with Crippen molar-refractivity contribution in [2.45, 2.75) is 24.5 Å². The average molecular weight is 422 g/mol. The highest BCUT2D eigenvalue weighted by Crippen LogP contribution is 2.33. The quantitative estimate of drug-likeness (QED) is 0.737. The third-order valence-corrected chi connectivity index (χ3v) is 6.06. The van der Waals surface area contributed by atoms with Gasteiger partial charge in [0.15, 0.2) is 5.60 Å². The lowest BCUT2D eigenvalue weighted by molar-refractivity contribution is -0.150. The molecule has 2 aromatic rings. The topological polar surface area (TPSA) is 94.5 Å². The number of hydrogen-bond donors (Lipinski definition) is 2. The Morgan fingerprint density at radius 3 is 2.65 bits per heavy atom. The predicted molar refractivity (Wildman–Crippen MR) is 113 cm³/mol. The first kappa shape index (κ1) is 21.0. The van der Waals surface area contributed by atoms with Crippen molar-refractivity contribution in [3.63, 3.8) is 0 Å². The van der Waals surface area contributed by atoms with Gasteiger partial charge in [-0.1, -0.05) is 24.3 Å². The Hall–Kier alpha value is -3.28. The normalized spacial score (nSPS) is 17.5. The molecule has 2 aromatic carbocycles. The zero-order valence-electron chi connectivity index (χ0n) is 17.4. The predicted octanol–water partition coefficient (Wildman–Crippen LogP) is 1.55. The van der Waals surface area contributed by atoms with Crippen molar-refractivity contribution < 1.29 is 18.7 Å². The van der Waals surface area contributed by atoms with Crippen LogP contribution in [0.1, 0.15) is 11.1 Å². The van der Waals surface area contributed by atoms with Crippen molar-refractivity contribution in [2.75, 3.05) is 32.1 Å². The van der Waals surface area contributed by atoms with Crippen LogP contribution in [0.15, 0.2) is 36.4 Å². The van der Waals surface area contributed by atoms with Gasteiger partial charge >= 0.3 is 0 Å². The van der Waals surface area contributed by atoms with E-state index >= 15 is 0 Å². The molecule has 1 unspecified atom stereocenters. The average Bonchev–Trinajstić information content (AvgIpc) is 3.01. The SMILES string of the molecule is COC1(C(=O)NC(C#N)Cc2ccc(-c3ccc4c(c3)N(C)C(=O)C4)cc2F)CNC1. The lowest BCUT2D eigenvalue weighted by Crippen LogP contribution is -2.69. The number of likely N-dealkylation sites (N-methyl/N-ethyl adjacent to an activating group) is 1. The molecule has 2 heterocycles. The second-order valence-electron chi connectivity index (χ2n) is 7.94. The summed E-state index contributed by atoms with van der Waals surface area (Å²) in [6.45, 7) is 0.746. The molecule has 0 aromatic heterocycles. The fourth-order valence-electron chi connectivity index (χ4n) is 3.90. The molecule has 8 heteroatoms. The number of nitrogens with zero attached hydrogens (tertiary/aromatic N) is 2.